The van der Waals surface area contributed by atoms with Crippen LogP contribution in [-0.4, -0.2) is 81.0 Å². The lowest BCUT2D eigenvalue weighted by atomic mass is 9.87. The molecule has 12 heteroatoms. The van der Waals surface area contributed by atoms with Crippen molar-refractivity contribution in [2.75, 3.05) is 31.7 Å². The number of rotatable bonds is 8. The molecule has 0 spiro atoms. The third-order valence-corrected chi connectivity index (χ3v) is 7.61. The van der Waals surface area contributed by atoms with Gasteiger partial charge in [-0.15, -0.1) is 0 Å². The molecule has 4 aromatic rings. The lowest BCUT2D eigenvalue weighted by molar-refractivity contribution is -0.00879. The Bertz CT molecular complexity index is 1530. The van der Waals surface area contributed by atoms with Crippen LogP contribution in [0.5, 0.6) is 11.6 Å². The Morgan fingerprint density at radius 2 is 1.95 bits per heavy atom. The Morgan fingerprint density at radius 3 is 2.67 bits per heavy atom. The minimum absolute atomic E-state index is 0.296. The average Bonchev–Trinajstić information content (AvgIpc) is 3.56. The number of aromatic nitrogens is 5. The minimum atomic E-state index is -2.57. The summed E-state index contributed by atoms with van der Waals surface area (Å²) in [6.45, 7) is 2.41. The van der Waals surface area contributed by atoms with Gasteiger partial charge in [-0.05, 0) is 18.1 Å². The second kappa shape index (κ2) is 9.53. The van der Waals surface area contributed by atoms with Crippen molar-refractivity contribution in [2.45, 2.75) is 38.0 Å². The van der Waals surface area contributed by atoms with Gasteiger partial charge in [0.25, 0.3) is 6.43 Å². The SMILES string of the molecule is COc1ccc(CN2C3CC2CN(c2cnc(-c4cc(OCC(F)F)cn5nc6c(c45)C=NC6)cn2)C3)cn1. The zero-order chi connectivity index (χ0) is 26.5. The van der Waals surface area contributed by atoms with E-state index in [2.05, 4.69) is 30.9 Å². The molecule has 4 aliphatic heterocycles. The first-order chi connectivity index (χ1) is 19.1. The summed E-state index contributed by atoms with van der Waals surface area (Å²) in [5.74, 6) is 1.74. The van der Waals surface area contributed by atoms with Crippen LogP contribution in [0.4, 0.5) is 14.6 Å². The van der Waals surface area contributed by atoms with Gasteiger partial charge in [0.15, 0.2) is 0 Å². The van der Waals surface area contributed by atoms with Gasteiger partial charge in [-0.2, -0.15) is 5.10 Å². The van der Waals surface area contributed by atoms with E-state index in [-0.39, 0.29) is 0 Å². The molecule has 0 aliphatic carbocycles. The van der Waals surface area contributed by atoms with E-state index in [0.717, 1.165) is 42.2 Å². The van der Waals surface area contributed by atoms with Crippen molar-refractivity contribution in [3.63, 3.8) is 0 Å². The lowest BCUT2D eigenvalue weighted by Crippen LogP contribution is -2.68. The van der Waals surface area contributed by atoms with Crippen LogP contribution in [0.15, 0.2) is 48.0 Å². The molecule has 0 radical (unpaired) electrons. The molecule has 2 unspecified atom stereocenters. The number of aliphatic imine (C=N–C) groups is 1. The number of halogens is 2. The highest BCUT2D eigenvalue weighted by molar-refractivity contribution is 5.99. The summed E-state index contributed by atoms with van der Waals surface area (Å²) in [4.78, 5) is 22.9. The summed E-state index contributed by atoms with van der Waals surface area (Å²) in [6, 6.07) is 6.58. The summed E-state index contributed by atoms with van der Waals surface area (Å²) in [6.07, 6.45) is 7.39. The average molecular weight is 533 g/mol. The van der Waals surface area contributed by atoms with Crippen LogP contribution in [-0.2, 0) is 13.1 Å². The van der Waals surface area contributed by atoms with Gasteiger partial charge in [0.05, 0.1) is 49.1 Å². The van der Waals surface area contributed by atoms with Gasteiger partial charge in [-0.1, -0.05) is 6.07 Å². The second-order valence-electron chi connectivity index (χ2n) is 10.0. The quantitative estimate of drug-likeness (QED) is 0.342. The fourth-order valence-corrected chi connectivity index (χ4v) is 5.73. The number of alkyl halides is 2. The van der Waals surface area contributed by atoms with E-state index in [4.69, 9.17) is 19.4 Å². The molecule has 0 saturated carbocycles. The van der Waals surface area contributed by atoms with Gasteiger partial charge < -0.3 is 14.4 Å². The number of piperazine rings is 1. The number of fused-ring (bicyclic) bond motifs is 5. The van der Waals surface area contributed by atoms with Crippen molar-refractivity contribution < 1.29 is 18.3 Å². The number of ether oxygens (including phenoxy) is 2. The first-order valence-corrected chi connectivity index (χ1v) is 12.8. The Labute approximate surface area is 222 Å². The first-order valence-electron chi connectivity index (χ1n) is 12.8. The second-order valence-corrected chi connectivity index (χ2v) is 10.0. The van der Waals surface area contributed by atoms with Crippen molar-refractivity contribution in [1.82, 2.24) is 29.5 Å². The monoisotopic (exact) mass is 532 g/mol. The summed E-state index contributed by atoms with van der Waals surface area (Å²) in [5, 5.41) is 4.57. The summed E-state index contributed by atoms with van der Waals surface area (Å²) in [5.41, 5.74) is 5.04. The number of hydrogen-bond acceptors (Lipinski definition) is 9. The molecule has 200 valence electrons. The van der Waals surface area contributed by atoms with E-state index in [0.29, 0.717) is 41.5 Å². The molecule has 0 N–H and O–H groups in total. The fourth-order valence-electron chi connectivity index (χ4n) is 5.73. The molecule has 3 fully saturated rings. The van der Waals surface area contributed by atoms with Crippen LogP contribution in [0.25, 0.3) is 16.8 Å². The Balaban J connectivity index is 1.10. The maximum Gasteiger partial charge on any atom is 0.272 e. The molecule has 4 aliphatic rings. The van der Waals surface area contributed by atoms with E-state index in [1.165, 1.54) is 12.0 Å². The number of hydrogen-bond donors (Lipinski definition) is 0. The number of anilines is 1. The van der Waals surface area contributed by atoms with Crippen LogP contribution in [0, 0.1) is 0 Å². The van der Waals surface area contributed by atoms with Gasteiger partial charge in [0.2, 0.25) is 5.88 Å². The Hall–Kier alpha value is -4.19. The smallest absolute Gasteiger partial charge is 0.272 e. The zero-order valence-corrected chi connectivity index (χ0v) is 21.2. The molecule has 39 heavy (non-hydrogen) atoms. The number of methoxy groups -OCH3 is 1. The highest BCUT2D eigenvalue weighted by Gasteiger charge is 2.44. The van der Waals surface area contributed by atoms with Crippen molar-refractivity contribution >= 4 is 17.5 Å². The molecule has 4 aromatic heterocycles. The molecule has 0 amide bonds. The van der Waals surface area contributed by atoms with Crippen LogP contribution in [0.1, 0.15) is 23.2 Å². The molecular formula is C27H26F2N8O2. The Morgan fingerprint density at radius 1 is 1.08 bits per heavy atom. The highest BCUT2D eigenvalue weighted by Crippen LogP contribution is 2.36. The molecule has 8 rings (SSSR count). The van der Waals surface area contributed by atoms with Gasteiger partial charge >= 0.3 is 0 Å². The number of nitrogens with zero attached hydrogens (tertiary/aromatic N) is 8. The number of pyridine rings is 2. The molecule has 0 aromatic carbocycles. The molecule has 2 atom stereocenters. The van der Waals surface area contributed by atoms with Gasteiger partial charge in [0, 0.05) is 61.3 Å². The minimum Gasteiger partial charge on any atom is -0.486 e. The van der Waals surface area contributed by atoms with E-state index in [1.807, 2.05) is 12.3 Å². The van der Waals surface area contributed by atoms with Crippen molar-refractivity contribution in [3.8, 4) is 22.9 Å². The molecular weight excluding hydrogens is 506 g/mol. The van der Waals surface area contributed by atoms with Crippen molar-refractivity contribution in [3.05, 3.63) is 59.8 Å². The molecule has 3 saturated heterocycles. The number of piperidine rings is 1. The van der Waals surface area contributed by atoms with E-state index >= 15 is 0 Å². The van der Waals surface area contributed by atoms with E-state index in [9.17, 15) is 8.78 Å². The molecule has 10 nitrogen and oxygen atoms in total. The topological polar surface area (TPSA) is 93.3 Å². The maximum atomic E-state index is 12.8. The maximum absolute atomic E-state index is 12.8. The summed E-state index contributed by atoms with van der Waals surface area (Å²) < 4.78 is 37.7. The van der Waals surface area contributed by atoms with E-state index < -0.39 is 13.0 Å². The van der Waals surface area contributed by atoms with Crippen LogP contribution in [0.3, 0.4) is 0 Å². The lowest BCUT2D eigenvalue weighted by Gasteiger charge is -2.56. The third-order valence-electron chi connectivity index (χ3n) is 7.61. The first kappa shape index (κ1) is 23.9. The third kappa shape index (κ3) is 4.34. The van der Waals surface area contributed by atoms with E-state index in [1.54, 1.807) is 42.5 Å². The Kier molecular flexibility index (Phi) is 5.84. The van der Waals surface area contributed by atoms with Crippen molar-refractivity contribution in [1.29, 1.82) is 0 Å². The van der Waals surface area contributed by atoms with Gasteiger partial charge in [-0.25, -0.2) is 23.3 Å². The predicted octanol–water partition coefficient (Wildman–Crippen LogP) is 3.23. The fraction of sp³-hybridized carbons (Fsp3) is 0.370. The van der Waals surface area contributed by atoms with Crippen LogP contribution < -0.4 is 14.4 Å². The highest BCUT2D eigenvalue weighted by atomic mass is 19.3. The normalized spacial score (nSPS) is 19.9. The summed E-state index contributed by atoms with van der Waals surface area (Å²) >= 11 is 0. The molecule has 8 heterocycles. The largest absolute Gasteiger partial charge is 0.486 e. The summed E-state index contributed by atoms with van der Waals surface area (Å²) in [7, 11) is 1.62. The van der Waals surface area contributed by atoms with Crippen LogP contribution in [0.2, 0.25) is 0 Å². The molecule has 2 bridgehead atoms. The van der Waals surface area contributed by atoms with Gasteiger partial charge in [0.1, 0.15) is 18.2 Å². The predicted molar refractivity (Wildman–Crippen MR) is 140 cm³/mol. The zero-order valence-electron chi connectivity index (χ0n) is 21.2. The van der Waals surface area contributed by atoms with Crippen LogP contribution >= 0.6 is 0 Å². The standard InChI is InChI=1S/C27H26F2N8O2/c1-38-26-3-2-16(6-33-26)11-36-17-4-18(36)13-35(12-17)25-10-31-22(9-32-25)20-5-19(39-15-24(28)29)14-37-27(20)21-7-30-8-23(21)34-37/h2-3,5-7,9-10,14,17-18,24H,4,8,11-13,15H2,1H3. The van der Waals surface area contributed by atoms with Gasteiger partial charge in [-0.3, -0.25) is 14.9 Å². The van der Waals surface area contributed by atoms with Crippen molar-refractivity contribution in [2.24, 2.45) is 4.99 Å².